The predicted octanol–water partition coefficient (Wildman–Crippen LogP) is 3.79. The van der Waals surface area contributed by atoms with Crippen LogP contribution in [0.5, 0.6) is 5.75 Å². The van der Waals surface area contributed by atoms with Gasteiger partial charge in [-0.2, -0.15) is 0 Å². The number of thioether (sulfide) groups is 1. The van der Waals surface area contributed by atoms with Crippen LogP contribution in [0.4, 0.5) is 10.2 Å². The van der Waals surface area contributed by atoms with E-state index in [0.717, 1.165) is 5.04 Å². The van der Waals surface area contributed by atoms with E-state index in [1.807, 2.05) is 20.8 Å². The van der Waals surface area contributed by atoms with Crippen molar-refractivity contribution in [2.24, 2.45) is 4.99 Å². The number of hydrogen-bond acceptors (Lipinski definition) is 4. The number of nitrogens with zero attached hydrogens (tertiary/aromatic N) is 2. The summed E-state index contributed by atoms with van der Waals surface area (Å²) in [6.45, 7) is 5.79. The summed E-state index contributed by atoms with van der Waals surface area (Å²) >= 11 is 1.38. The average Bonchev–Trinajstić information content (AvgIpc) is 2.83. The molecule has 1 aliphatic rings. The van der Waals surface area contributed by atoms with Crippen molar-refractivity contribution >= 4 is 22.6 Å². The van der Waals surface area contributed by atoms with Crippen LogP contribution >= 0.6 is 11.8 Å². The molecule has 122 valence electrons. The first-order valence-corrected chi connectivity index (χ1v) is 8.20. The number of rotatable bonds is 3. The van der Waals surface area contributed by atoms with Crippen molar-refractivity contribution in [1.82, 2.24) is 9.78 Å². The van der Waals surface area contributed by atoms with E-state index in [9.17, 15) is 9.18 Å². The van der Waals surface area contributed by atoms with E-state index in [2.05, 4.69) is 10.1 Å². The quantitative estimate of drug-likeness (QED) is 0.928. The van der Waals surface area contributed by atoms with E-state index in [-0.39, 0.29) is 17.4 Å². The minimum Gasteiger partial charge on any atom is -0.497 e. The molecule has 1 aliphatic heterocycles. The van der Waals surface area contributed by atoms with Gasteiger partial charge >= 0.3 is 0 Å². The third-order valence-electron chi connectivity index (χ3n) is 3.76. The Kier molecular flexibility index (Phi) is 4.06. The molecule has 3 rings (SSSR count). The zero-order chi connectivity index (χ0) is 16.7. The third-order valence-corrected chi connectivity index (χ3v) is 4.91. The Morgan fingerprint density at radius 2 is 2.17 bits per heavy atom. The Labute approximate surface area is 137 Å². The number of aromatic amines is 1. The minimum atomic E-state index is -0.419. The number of fused-ring (bicyclic) bond motifs is 1. The molecule has 0 saturated carbocycles. The smallest absolute Gasteiger partial charge is 0.271 e. The largest absolute Gasteiger partial charge is 0.497 e. The van der Waals surface area contributed by atoms with Crippen LogP contribution in [0.2, 0.25) is 0 Å². The fraction of sp³-hybridized carbons (Fsp3) is 0.375. The number of halogens is 1. The number of aromatic nitrogens is 2. The van der Waals surface area contributed by atoms with E-state index < -0.39 is 5.25 Å². The molecule has 2 aromatic rings. The fourth-order valence-corrected chi connectivity index (χ4v) is 3.78. The number of H-pyrrole nitrogens is 1. The van der Waals surface area contributed by atoms with Crippen LogP contribution in [-0.4, -0.2) is 21.9 Å². The SMILES string of the molecule is COc1ccc([C@@H]2SC(C)=Nc3c2c(=O)[nH]n3C(C)C)c(F)c1. The van der Waals surface area contributed by atoms with E-state index in [0.29, 0.717) is 22.7 Å². The van der Waals surface area contributed by atoms with Crippen molar-refractivity contribution in [3.63, 3.8) is 0 Å². The highest BCUT2D eigenvalue weighted by atomic mass is 32.2. The first-order chi connectivity index (χ1) is 10.9. The zero-order valence-corrected chi connectivity index (χ0v) is 14.2. The van der Waals surface area contributed by atoms with Crippen LogP contribution in [0.15, 0.2) is 28.0 Å². The highest BCUT2D eigenvalue weighted by Gasteiger charge is 2.32. The van der Waals surface area contributed by atoms with Crippen molar-refractivity contribution in [1.29, 1.82) is 0 Å². The summed E-state index contributed by atoms with van der Waals surface area (Å²) in [5.41, 5.74) is 0.731. The fourth-order valence-electron chi connectivity index (χ4n) is 2.65. The molecule has 1 aromatic carbocycles. The van der Waals surface area contributed by atoms with Gasteiger partial charge < -0.3 is 4.74 Å². The molecule has 0 radical (unpaired) electrons. The average molecular weight is 335 g/mol. The van der Waals surface area contributed by atoms with Crippen molar-refractivity contribution < 1.29 is 9.13 Å². The number of benzene rings is 1. The summed E-state index contributed by atoms with van der Waals surface area (Å²) in [6, 6.07) is 4.77. The molecule has 0 bridgehead atoms. The second-order valence-corrected chi connectivity index (χ2v) is 6.96. The first-order valence-electron chi connectivity index (χ1n) is 7.32. The molecule has 1 atom stereocenters. The molecule has 0 spiro atoms. The van der Waals surface area contributed by atoms with Gasteiger partial charge in [0.05, 0.1) is 23.0 Å². The maximum absolute atomic E-state index is 14.5. The molecule has 5 nitrogen and oxygen atoms in total. The summed E-state index contributed by atoms with van der Waals surface area (Å²) < 4.78 is 21.3. The molecule has 2 heterocycles. The summed E-state index contributed by atoms with van der Waals surface area (Å²) in [6.07, 6.45) is 0. The Bertz CT molecular complexity index is 838. The number of aliphatic imine (C=N–C) groups is 1. The van der Waals surface area contributed by atoms with Crippen LogP contribution in [0, 0.1) is 5.82 Å². The Balaban J connectivity index is 2.18. The van der Waals surface area contributed by atoms with Gasteiger partial charge in [-0.05, 0) is 26.8 Å². The molecule has 0 unspecified atom stereocenters. The van der Waals surface area contributed by atoms with Crippen LogP contribution in [0.1, 0.15) is 43.2 Å². The van der Waals surface area contributed by atoms with Gasteiger partial charge in [-0.1, -0.05) is 17.8 Å². The van der Waals surface area contributed by atoms with E-state index >= 15 is 0 Å². The van der Waals surface area contributed by atoms with Crippen molar-refractivity contribution in [3.8, 4) is 5.75 Å². The maximum atomic E-state index is 14.5. The summed E-state index contributed by atoms with van der Waals surface area (Å²) in [4.78, 5) is 16.9. The third kappa shape index (κ3) is 2.69. The van der Waals surface area contributed by atoms with Crippen molar-refractivity contribution in [2.75, 3.05) is 7.11 Å². The monoisotopic (exact) mass is 335 g/mol. The molecule has 0 saturated heterocycles. The number of methoxy groups -OCH3 is 1. The molecule has 1 N–H and O–H groups in total. The number of ether oxygens (including phenoxy) is 1. The van der Waals surface area contributed by atoms with E-state index in [1.165, 1.54) is 24.9 Å². The molecule has 1 aromatic heterocycles. The van der Waals surface area contributed by atoms with Gasteiger partial charge in [0.1, 0.15) is 11.6 Å². The van der Waals surface area contributed by atoms with Gasteiger partial charge in [-0.3, -0.25) is 14.6 Å². The summed E-state index contributed by atoms with van der Waals surface area (Å²) in [7, 11) is 1.49. The van der Waals surface area contributed by atoms with E-state index in [1.54, 1.807) is 16.8 Å². The summed E-state index contributed by atoms with van der Waals surface area (Å²) in [5.74, 6) is 0.645. The lowest BCUT2D eigenvalue weighted by Crippen LogP contribution is -2.14. The molecular weight excluding hydrogens is 317 g/mol. The molecule has 0 aliphatic carbocycles. The predicted molar refractivity (Wildman–Crippen MR) is 90.6 cm³/mol. The summed E-state index contributed by atoms with van der Waals surface area (Å²) in [5, 5.41) is 3.19. The molecule has 0 fully saturated rings. The second kappa shape index (κ2) is 5.88. The van der Waals surface area contributed by atoms with Gasteiger partial charge in [0.15, 0.2) is 5.82 Å². The first kappa shape index (κ1) is 15.9. The molecular formula is C16H18FN3O2S. The normalized spacial score (nSPS) is 17.1. The molecule has 23 heavy (non-hydrogen) atoms. The highest BCUT2D eigenvalue weighted by molar-refractivity contribution is 8.14. The number of nitrogens with one attached hydrogen (secondary N) is 1. The molecule has 7 heteroatoms. The highest BCUT2D eigenvalue weighted by Crippen LogP contribution is 2.45. The van der Waals surface area contributed by atoms with Crippen LogP contribution in [0.3, 0.4) is 0 Å². The zero-order valence-electron chi connectivity index (χ0n) is 13.4. The lowest BCUT2D eigenvalue weighted by atomic mass is 10.1. The van der Waals surface area contributed by atoms with Crippen molar-refractivity contribution in [3.05, 3.63) is 45.5 Å². The number of hydrogen-bond donors (Lipinski definition) is 1. The Hall–Kier alpha value is -2.02. The Morgan fingerprint density at radius 3 is 2.78 bits per heavy atom. The van der Waals surface area contributed by atoms with Gasteiger partial charge in [-0.25, -0.2) is 9.38 Å². The van der Waals surface area contributed by atoms with Gasteiger partial charge in [0.2, 0.25) is 0 Å². The van der Waals surface area contributed by atoms with Gasteiger partial charge in [-0.15, -0.1) is 0 Å². The van der Waals surface area contributed by atoms with E-state index in [4.69, 9.17) is 4.74 Å². The van der Waals surface area contributed by atoms with Gasteiger partial charge in [0.25, 0.3) is 5.56 Å². The minimum absolute atomic E-state index is 0.0625. The Morgan fingerprint density at radius 1 is 1.43 bits per heavy atom. The van der Waals surface area contributed by atoms with Crippen LogP contribution in [-0.2, 0) is 0 Å². The van der Waals surface area contributed by atoms with Crippen molar-refractivity contribution in [2.45, 2.75) is 32.1 Å². The molecule has 0 amide bonds. The van der Waals surface area contributed by atoms with Crippen LogP contribution < -0.4 is 10.3 Å². The topological polar surface area (TPSA) is 59.4 Å². The van der Waals surface area contributed by atoms with Gasteiger partial charge in [0, 0.05) is 17.7 Å². The van der Waals surface area contributed by atoms with Crippen LogP contribution in [0.25, 0.3) is 0 Å². The lowest BCUT2D eigenvalue weighted by molar-refractivity contribution is 0.411. The standard InChI is InChI=1S/C16H18FN3O2S/c1-8(2)20-15-13(16(21)19-20)14(23-9(3)18-15)11-6-5-10(22-4)7-12(11)17/h5-8,14H,1-4H3,(H,19,21)/t14-/m0/s1. The maximum Gasteiger partial charge on any atom is 0.271 e. The second-order valence-electron chi connectivity index (χ2n) is 5.66. The lowest BCUT2D eigenvalue weighted by Gasteiger charge is -2.22.